The molecular formula is C23H24ClN5O3S. The zero-order valence-electron chi connectivity index (χ0n) is 18.2. The number of rotatable bonds is 4. The van der Waals surface area contributed by atoms with Crippen molar-refractivity contribution in [1.82, 2.24) is 24.9 Å². The van der Waals surface area contributed by atoms with Crippen LogP contribution >= 0.6 is 22.2 Å². The number of nitrogens with zero attached hydrogens (tertiary/aromatic N) is 4. The second-order valence-electron chi connectivity index (χ2n) is 8.74. The molecule has 0 aliphatic carbocycles. The zero-order valence-corrected chi connectivity index (χ0v) is 19.8. The fraction of sp³-hybridized carbons (Fsp3) is 0.261. The summed E-state index contributed by atoms with van der Waals surface area (Å²) in [6, 6.07) is 14.7. The monoisotopic (exact) mass is 485 g/mol. The molecule has 1 fully saturated rings. The van der Waals surface area contributed by atoms with E-state index in [0.717, 1.165) is 16.5 Å². The smallest absolute Gasteiger partial charge is 0.251 e. The van der Waals surface area contributed by atoms with Crippen LogP contribution in [0.3, 0.4) is 0 Å². The Morgan fingerprint density at radius 2 is 1.97 bits per heavy atom. The molecule has 0 saturated carbocycles. The van der Waals surface area contributed by atoms with Crippen molar-refractivity contribution in [2.75, 3.05) is 11.5 Å². The molecule has 1 unspecified atom stereocenters. The number of fused-ring (bicyclic) bond motifs is 1. The van der Waals surface area contributed by atoms with Gasteiger partial charge in [-0.3, -0.25) is 18.6 Å². The number of nitrogens with one attached hydrogen (secondary N) is 1. The Kier molecular flexibility index (Phi) is 5.24. The Balaban J connectivity index is 1.59. The number of carbonyl (C=O) groups excluding carboxylic acids is 1. The molecule has 8 nitrogen and oxygen atoms in total. The third-order valence-corrected chi connectivity index (χ3v) is 8.22. The summed E-state index contributed by atoms with van der Waals surface area (Å²) in [4.78, 5) is 13.1. The first-order valence-corrected chi connectivity index (χ1v) is 12.7. The van der Waals surface area contributed by atoms with E-state index in [1.165, 1.54) is 0 Å². The van der Waals surface area contributed by atoms with Gasteiger partial charge in [-0.2, -0.15) is 20.8 Å². The van der Waals surface area contributed by atoms with E-state index in [-0.39, 0.29) is 11.7 Å². The Bertz CT molecular complexity index is 1380. The summed E-state index contributed by atoms with van der Waals surface area (Å²) in [6.07, 6.45) is 2.35. The summed E-state index contributed by atoms with van der Waals surface area (Å²) in [5.74, 6) is 0.812. The number of aryl methyl sites for hydroxylation is 1. The van der Waals surface area contributed by atoms with Gasteiger partial charge in [-0.05, 0) is 37.6 Å². The van der Waals surface area contributed by atoms with Gasteiger partial charge in [-0.15, -0.1) is 0 Å². The van der Waals surface area contributed by atoms with E-state index >= 15 is 0 Å². The van der Waals surface area contributed by atoms with Crippen LogP contribution < -0.4 is 5.32 Å². The van der Waals surface area contributed by atoms with Crippen LogP contribution in [0, 0.1) is 0 Å². The van der Waals surface area contributed by atoms with Crippen molar-refractivity contribution >= 4 is 39.0 Å². The summed E-state index contributed by atoms with van der Waals surface area (Å²) in [5.41, 5.74) is 2.01. The van der Waals surface area contributed by atoms with Crippen LogP contribution in [0.4, 0.5) is 0 Å². The number of carbonyl (C=O) groups is 1. The average molecular weight is 486 g/mol. The van der Waals surface area contributed by atoms with Crippen molar-refractivity contribution in [2.45, 2.75) is 18.9 Å². The maximum absolute atomic E-state index is 13.1. The van der Waals surface area contributed by atoms with Crippen LogP contribution in [0.15, 0.2) is 54.7 Å². The first kappa shape index (κ1) is 22.0. The van der Waals surface area contributed by atoms with Gasteiger partial charge >= 0.3 is 0 Å². The number of hydrogen-bond donors (Lipinski definition) is 3. The summed E-state index contributed by atoms with van der Waals surface area (Å²) in [5, 5.41) is 13.7. The number of amides is 1. The van der Waals surface area contributed by atoms with Gasteiger partial charge in [0.05, 0.1) is 21.8 Å². The van der Waals surface area contributed by atoms with E-state index in [0.29, 0.717) is 34.3 Å². The van der Waals surface area contributed by atoms with Gasteiger partial charge in [-0.1, -0.05) is 29.8 Å². The molecule has 1 aliphatic heterocycles. The van der Waals surface area contributed by atoms with Crippen molar-refractivity contribution < 1.29 is 13.9 Å². The highest BCUT2D eigenvalue weighted by Crippen LogP contribution is 2.50. The van der Waals surface area contributed by atoms with E-state index < -0.39 is 16.1 Å². The summed E-state index contributed by atoms with van der Waals surface area (Å²) in [6.45, 7) is 1.85. The van der Waals surface area contributed by atoms with Crippen LogP contribution in [-0.2, 0) is 7.05 Å². The molecule has 2 aromatic heterocycles. The molecule has 2 aromatic carbocycles. The molecule has 33 heavy (non-hydrogen) atoms. The van der Waals surface area contributed by atoms with E-state index in [4.69, 9.17) is 16.7 Å². The van der Waals surface area contributed by atoms with Gasteiger partial charge in [0.25, 0.3) is 5.91 Å². The van der Waals surface area contributed by atoms with Gasteiger partial charge < -0.3 is 5.32 Å². The lowest BCUT2D eigenvalue weighted by molar-refractivity contribution is 0.0915. The lowest BCUT2D eigenvalue weighted by Crippen LogP contribution is -2.46. The average Bonchev–Trinajstić information content (AvgIpc) is 3.43. The number of aromatic nitrogens is 4. The Morgan fingerprint density at radius 3 is 2.64 bits per heavy atom. The minimum Gasteiger partial charge on any atom is -0.345 e. The Hall–Kier alpha value is -2.85. The molecule has 0 bridgehead atoms. The molecule has 1 aliphatic rings. The van der Waals surface area contributed by atoms with E-state index in [1.807, 2.05) is 56.6 Å². The Labute approximate surface area is 197 Å². The number of halogens is 1. The molecule has 1 atom stereocenters. The Morgan fingerprint density at radius 1 is 1.18 bits per heavy atom. The third kappa shape index (κ3) is 4.13. The van der Waals surface area contributed by atoms with Crippen LogP contribution in [0.2, 0.25) is 5.02 Å². The maximum atomic E-state index is 13.1. The standard InChI is InChI=1S/C23H24ClN5O3S/c1-23(10-12-33(31,32)14-23)25-22(30)15-7-8-17-19(13-15)29(20-9-11-28(2)26-20)27-21(17)16-5-3-4-6-18(16)24/h3-9,11,13,31-32H,10,12,14H2,1-2H3,(H,25,30). The maximum Gasteiger partial charge on any atom is 0.251 e. The van der Waals surface area contributed by atoms with Crippen LogP contribution in [-0.4, -0.2) is 51.6 Å². The predicted octanol–water partition coefficient (Wildman–Crippen LogP) is 4.72. The van der Waals surface area contributed by atoms with E-state index in [2.05, 4.69) is 10.4 Å². The van der Waals surface area contributed by atoms with Crippen molar-refractivity contribution in [3.05, 3.63) is 65.3 Å². The number of benzene rings is 2. The topological polar surface area (TPSA) is 105 Å². The van der Waals surface area contributed by atoms with Gasteiger partial charge in [0.1, 0.15) is 5.69 Å². The van der Waals surface area contributed by atoms with Crippen LogP contribution in [0.25, 0.3) is 28.0 Å². The minimum absolute atomic E-state index is 0.163. The predicted molar refractivity (Wildman–Crippen MR) is 131 cm³/mol. The summed E-state index contributed by atoms with van der Waals surface area (Å²) in [7, 11) is -0.811. The normalized spacial score (nSPS) is 20.8. The second-order valence-corrected chi connectivity index (χ2v) is 11.4. The van der Waals surface area contributed by atoms with E-state index in [1.54, 1.807) is 21.5 Å². The molecule has 0 radical (unpaired) electrons. The lowest BCUT2D eigenvalue weighted by Gasteiger charge is -2.30. The fourth-order valence-corrected chi connectivity index (χ4v) is 6.67. The van der Waals surface area contributed by atoms with Gasteiger partial charge in [0.15, 0.2) is 5.82 Å². The van der Waals surface area contributed by atoms with Crippen molar-refractivity contribution in [3.63, 3.8) is 0 Å². The first-order chi connectivity index (χ1) is 15.6. The first-order valence-electron chi connectivity index (χ1n) is 10.5. The SMILES string of the molecule is Cn1ccc(-n2nc(-c3ccccc3Cl)c3ccc(C(=O)NC4(C)CCS(O)(O)C4)cc32)n1. The summed E-state index contributed by atoms with van der Waals surface area (Å²) < 4.78 is 23.4. The quantitative estimate of drug-likeness (QED) is 0.388. The molecule has 0 spiro atoms. The van der Waals surface area contributed by atoms with Crippen LogP contribution in [0.1, 0.15) is 23.7 Å². The third-order valence-electron chi connectivity index (χ3n) is 5.93. The number of hydrogen-bond acceptors (Lipinski definition) is 5. The van der Waals surface area contributed by atoms with Crippen molar-refractivity contribution in [1.29, 1.82) is 0 Å². The van der Waals surface area contributed by atoms with Crippen molar-refractivity contribution in [3.8, 4) is 17.1 Å². The highest BCUT2D eigenvalue weighted by molar-refractivity contribution is 8.24. The fourth-order valence-electron chi connectivity index (χ4n) is 4.29. The summed E-state index contributed by atoms with van der Waals surface area (Å²) >= 11 is 6.46. The molecule has 3 heterocycles. The molecular weight excluding hydrogens is 462 g/mol. The van der Waals surface area contributed by atoms with Gasteiger partial charge in [0.2, 0.25) is 0 Å². The van der Waals surface area contributed by atoms with Crippen molar-refractivity contribution in [2.24, 2.45) is 7.05 Å². The lowest BCUT2D eigenvalue weighted by atomic mass is 10.0. The molecule has 10 heteroatoms. The molecule has 172 valence electrons. The molecule has 4 aromatic rings. The molecule has 3 N–H and O–H groups in total. The van der Waals surface area contributed by atoms with Crippen LogP contribution in [0.5, 0.6) is 0 Å². The highest BCUT2D eigenvalue weighted by atomic mass is 35.5. The largest absolute Gasteiger partial charge is 0.345 e. The van der Waals surface area contributed by atoms with Gasteiger partial charge in [0, 0.05) is 41.6 Å². The zero-order chi connectivity index (χ0) is 23.4. The van der Waals surface area contributed by atoms with E-state index in [9.17, 15) is 13.9 Å². The molecule has 1 saturated heterocycles. The molecule has 1 amide bonds. The minimum atomic E-state index is -2.64. The second kappa shape index (κ2) is 7.88. The molecule has 5 rings (SSSR count). The van der Waals surface area contributed by atoms with Gasteiger partial charge in [-0.25, -0.2) is 4.68 Å². The highest BCUT2D eigenvalue weighted by Gasteiger charge is 2.39.